The lowest BCUT2D eigenvalue weighted by Gasteiger charge is -2.28. The first-order chi connectivity index (χ1) is 14.6. The van der Waals surface area contributed by atoms with Gasteiger partial charge in [-0.05, 0) is 43.5 Å². The van der Waals surface area contributed by atoms with Crippen LogP contribution in [0.25, 0.3) is 21.3 Å². The van der Waals surface area contributed by atoms with Crippen LogP contribution in [-0.4, -0.2) is 46.7 Å². The summed E-state index contributed by atoms with van der Waals surface area (Å²) in [5.41, 5.74) is 3.77. The third-order valence-corrected chi connectivity index (χ3v) is 7.29. The van der Waals surface area contributed by atoms with Gasteiger partial charge in [0.25, 0.3) is 5.91 Å². The number of aliphatic hydroxyl groups is 1. The number of ether oxygens (including phenoxy) is 1. The van der Waals surface area contributed by atoms with Crippen molar-refractivity contribution in [2.45, 2.75) is 38.2 Å². The Labute approximate surface area is 184 Å². The molecule has 0 spiro atoms. The molecule has 1 fully saturated rings. The van der Waals surface area contributed by atoms with Crippen LogP contribution in [0.15, 0.2) is 30.5 Å². The molecule has 0 bridgehead atoms. The SMILES string of the molecule is O=C(C1Cc2cc(Cl)cc(-c3ccnc4cc(CCO)sc34)c2O1)N1CCCCC1. The van der Waals surface area contributed by atoms with E-state index < -0.39 is 6.10 Å². The van der Waals surface area contributed by atoms with E-state index in [0.717, 1.165) is 63.5 Å². The average molecular weight is 443 g/mol. The van der Waals surface area contributed by atoms with Gasteiger partial charge in [0, 0.05) is 65.3 Å². The second-order valence-electron chi connectivity index (χ2n) is 7.90. The second kappa shape index (κ2) is 8.17. The highest BCUT2D eigenvalue weighted by Gasteiger charge is 2.35. The van der Waals surface area contributed by atoms with Crippen LogP contribution in [0.5, 0.6) is 5.75 Å². The summed E-state index contributed by atoms with van der Waals surface area (Å²) < 4.78 is 7.30. The van der Waals surface area contributed by atoms with Gasteiger partial charge in [0.2, 0.25) is 0 Å². The molecule has 1 atom stereocenters. The molecule has 2 aromatic heterocycles. The van der Waals surface area contributed by atoms with Crippen LogP contribution >= 0.6 is 22.9 Å². The van der Waals surface area contributed by atoms with Crippen LogP contribution in [0.2, 0.25) is 5.02 Å². The molecule has 7 heteroatoms. The number of pyridine rings is 1. The van der Waals surface area contributed by atoms with Gasteiger partial charge >= 0.3 is 0 Å². The monoisotopic (exact) mass is 442 g/mol. The fourth-order valence-corrected chi connectivity index (χ4v) is 5.78. The summed E-state index contributed by atoms with van der Waals surface area (Å²) in [6, 6.07) is 7.81. The number of piperidine rings is 1. The topological polar surface area (TPSA) is 62.7 Å². The number of hydrogen-bond acceptors (Lipinski definition) is 5. The normalized spacial score (nSPS) is 18.5. The molecule has 1 amide bonds. The quantitative estimate of drug-likeness (QED) is 0.647. The van der Waals surface area contributed by atoms with Gasteiger partial charge in [-0.15, -0.1) is 11.3 Å². The van der Waals surface area contributed by atoms with Gasteiger partial charge < -0.3 is 14.7 Å². The Hall–Kier alpha value is -2.15. The highest BCUT2D eigenvalue weighted by Crippen LogP contribution is 2.44. The van der Waals surface area contributed by atoms with Gasteiger partial charge in [0.1, 0.15) is 5.75 Å². The Morgan fingerprint density at radius 1 is 1.23 bits per heavy atom. The van der Waals surface area contributed by atoms with Crippen molar-refractivity contribution in [3.63, 3.8) is 0 Å². The largest absolute Gasteiger partial charge is 0.479 e. The summed E-state index contributed by atoms with van der Waals surface area (Å²) in [5, 5.41) is 9.93. The van der Waals surface area contributed by atoms with Crippen molar-refractivity contribution in [1.82, 2.24) is 9.88 Å². The minimum atomic E-state index is -0.485. The standard InChI is InChI=1S/C23H23ClN2O3S/c24-15-10-14-11-20(23(28)26-7-2-1-3-8-26)29-21(14)18(12-15)17-4-6-25-19-13-16(5-9-27)30-22(17)19/h4,6,10,12-13,20,27H,1-3,5,7-9,11H2. The molecule has 5 nitrogen and oxygen atoms in total. The fourth-order valence-electron chi connectivity index (χ4n) is 4.41. The lowest BCUT2D eigenvalue weighted by molar-refractivity contribution is -0.138. The predicted octanol–water partition coefficient (Wildman–Crippen LogP) is 4.47. The fraction of sp³-hybridized carbons (Fsp3) is 0.391. The first-order valence-corrected chi connectivity index (χ1v) is 11.6. The Balaban J connectivity index is 1.52. The zero-order valence-corrected chi connectivity index (χ0v) is 18.1. The maximum absolute atomic E-state index is 13.0. The number of carbonyl (C=O) groups is 1. The Kier molecular flexibility index (Phi) is 5.39. The van der Waals surface area contributed by atoms with Gasteiger partial charge in [-0.25, -0.2) is 0 Å². The van der Waals surface area contributed by atoms with Gasteiger partial charge in [0.05, 0.1) is 10.2 Å². The summed E-state index contributed by atoms with van der Waals surface area (Å²) >= 11 is 8.09. The van der Waals surface area contributed by atoms with Crippen molar-refractivity contribution in [3.8, 4) is 16.9 Å². The lowest BCUT2D eigenvalue weighted by Crippen LogP contribution is -2.43. The molecule has 5 rings (SSSR count). The van der Waals surface area contributed by atoms with E-state index >= 15 is 0 Å². The maximum Gasteiger partial charge on any atom is 0.263 e. The molecule has 2 aliphatic heterocycles. The Bertz CT molecular complexity index is 1110. The number of carbonyl (C=O) groups excluding carboxylic acids is 1. The third kappa shape index (κ3) is 3.57. The molecule has 30 heavy (non-hydrogen) atoms. The number of hydrogen-bond donors (Lipinski definition) is 1. The predicted molar refractivity (Wildman–Crippen MR) is 119 cm³/mol. The van der Waals surface area contributed by atoms with Crippen LogP contribution in [-0.2, 0) is 17.6 Å². The van der Waals surface area contributed by atoms with Crippen molar-refractivity contribution in [2.24, 2.45) is 0 Å². The number of nitrogens with zero attached hydrogens (tertiary/aromatic N) is 2. The van der Waals surface area contributed by atoms with E-state index in [0.29, 0.717) is 17.9 Å². The zero-order valence-electron chi connectivity index (χ0n) is 16.6. The molecule has 1 N–H and O–H groups in total. The van der Waals surface area contributed by atoms with E-state index in [1.165, 1.54) is 6.42 Å². The molecule has 1 saturated heterocycles. The molecule has 1 aromatic carbocycles. The summed E-state index contributed by atoms with van der Waals surface area (Å²) in [4.78, 5) is 20.5. The molecule has 0 radical (unpaired) electrons. The van der Waals surface area contributed by atoms with Crippen LogP contribution in [0, 0.1) is 0 Å². The highest BCUT2D eigenvalue weighted by atomic mass is 35.5. The summed E-state index contributed by atoms with van der Waals surface area (Å²) in [7, 11) is 0. The van der Waals surface area contributed by atoms with E-state index in [2.05, 4.69) is 4.98 Å². The minimum absolute atomic E-state index is 0.0780. The van der Waals surface area contributed by atoms with Gasteiger partial charge in [-0.3, -0.25) is 9.78 Å². The third-order valence-electron chi connectivity index (χ3n) is 5.85. The molecule has 4 heterocycles. The Morgan fingerprint density at radius 3 is 2.87 bits per heavy atom. The number of aliphatic hydroxyl groups excluding tert-OH is 1. The Morgan fingerprint density at radius 2 is 2.07 bits per heavy atom. The number of rotatable bonds is 4. The first kappa shape index (κ1) is 19.8. The van der Waals surface area contributed by atoms with Crippen molar-refractivity contribution >= 4 is 39.1 Å². The van der Waals surface area contributed by atoms with Crippen molar-refractivity contribution in [2.75, 3.05) is 19.7 Å². The molecule has 0 saturated carbocycles. The van der Waals surface area contributed by atoms with Crippen LogP contribution in [0.4, 0.5) is 0 Å². The molecule has 0 aliphatic carbocycles. The number of thiophene rings is 1. The first-order valence-electron chi connectivity index (χ1n) is 10.4. The molecular weight excluding hydrogens is 420 g/mol. The minimum Gasteiger partial charge on any atom is -0.479 e. The average Bonchev–Trinajstić information content (AvgIpc) is 3.37. The smallest absolute Gasteiger partial charge is 0.263 e. The number of aromatic nitrogens is 1. The maximum atomic E-state index is 13.0. The van der Waals surface area contributed by atoms with E-state index in [1.807, 2.05) is 29.2 Å². The van der Waals surface area contributed by atoms with Crippen LogP contribution in [0.3, 0.4) is 0 Å². The van der Waals surface area contributed by atoms with Gasteiger partial charge in [0.15, 0.2) is 6.10 Å². The number of halogens is 1. The summed E-state index contributed by atoms with van der Waals surface area (Å²) in [6.07, 6.45) is 5.76. The molecule has 2 aliphatic rings. The number of fused-ring (bicyclic) bond motifs is 2. The van der Waals surface area contributed by atoms with E-state index in [4.69, 9.17) is 16.3 Å². The highest BCUT2D eigenvalue weighted by molar-refractivity contribution is 7.19. The number of benzene rings is 1. The zero-order chi connectivity index (χ0) is 20.7. The second-order valence-corrected chi connectivity index (χ2v) is 9.47. The molecular formula is C23H23ClN2O3S. The van der Waals surface area contributed by atoms with E-state index in [9.17, 15) is 9.90 Å². The van der Waals surface area contributed by atoms with Crippen LogP contribution in [0.1, 0.15) is 29.7 Å². The van der Waals surface area contributed by atoms with E-state index in [1.54, 1.807) is 17.5 Å². The van der Waals surface area contributed by atoms with Gasteiger partial charge in [-0.2, -0.15) is 0 Å². The van der Waals surface area contributed by atoms with E-state index in [-0.39, 0.29) is 12.5 Å². The molecule has 1 unspecified atom stereocenters. The van der Waals surface area contributed by atoms with Crippen molar-refractivity contribution in [3.05, 3.63) is 45.9 Å². The molecule has 156 valence electrons. The van der Waals surface area contributed by atoms with Crippen molar-refractivity contribution < 1.29 is 14.6 Å². The summed E-state index contributed by atoms with van der Waals surface area (Å²) in [5.74, 6) is 0.827. The lowest BCUT2D eigenvalue weighted by atomic mass is 10.0. The van der Waals surface area contributed by atoms with Crippen LogP contribution < -0.4 is 4.74 Å². The number of likely N-dealkylation sites (tertiary alicyclic amines) is 1. The van der Waals surface area contributed by atoms with Crippen molar-refractivity contribution in [1.29, 1.82) is 0 Å². The summed E-state index contributed by atoms with van der Waals surface area (Å²) in [6.45, 7) is 1.74. The number of amides is 1. The van der Waals surface area contributed by atoms with Gasteiger partial charge in [-0.1, -0.05) is 11.6 Å². The molecule has 3 aromatic rings.